The van der Waals surface area contributed by atoms with Crippen LogP contribution in [0, 0.1) is 11.8 Å². The van der Waals surface area contributed by atoms with Crippen molar-refractivity contribution in [3.63, 3.8) is 0 Å². The van der Waals surface area contributed by atoms with E-state index in [2.05, 4.69) is 102 Å². The fourth-order valence-electron chi connectivity index (χ4n) is 5.50. The highest BCUT2D eigenvalue weighted by atomic mass is 28.4. The fourth-order valence-corrected chi connectivity index (χ4v) is 10.2. The molecule has 182 valence electrons. The van der Waals surface area contributed by atoms with Crippen LogP contribution in [-0.2, 0) is 13.9 Å². The molecule has 4 atom stereocenters. The number of hydrogen-bond acceptors (Lipinski definition) is 3. The van der Waals surface area contributed by atoms with Gasteiger partial charge in [-0.1, -0.05) is 109 Å². The molecule has 0 spiro atoms. The van der Waals surface area contributed by atoms with Gasteiger partial charge < -0.3 is 13.9 Å². The molecule has 0 bridgehead atoms. The van der Waals surface area contributed by atoms with E-state index in [1.165, 1.54) is 10.4 Å². The minimum Gasteiger partial charge on any atom is -0.407 e. The van der Waals surface area contributed by atoms with Crippen molar-refractivity contribution < 1.29 is 13.9 Å². The molecule has 4 heteroatoms. The molecule has 1 aliphatic heterocycles. The molecule has 2 aromatic rings. The van der Waals surface area contributed by atoms with Crippen LogP contribution in [-0.4, -0.2) is 32.9 Å². The first kappa shape index (κ1) is 26.1. The number of hydrogen-bond donors (Lipinski definition) is 0. The van der Waals surface area contributed by atoms with E-state index in [1.54, 1.807) is 0 Å². The van der Waals surface area contributed by atoms with Gasteiger partial charge in [0.1, 0.15) is 0 Å². The first-order chi connectivity index (χ1) is 15.5. The van der Waals surface area contributed by atoms with Gasteiger partial charge >= 0.3 is 0 Å². The standard InChI is InChI=1S/C29H44O3Si/c1-9-16-26-23(3)27(32-29(7,8)31-26)22(2)21-30-33(28(4,5)6,24-17-12-10-13-18-24)25-19-14-11-15-20-25/h10-15,17-20,22-23,26-27H,9,16,21H2,1-8H3/t22-,23+,26+,27-/m1/s1. The van der Waals surface area contributed by atoms with Crippen molar-refractivity contribution in [2.75, 3.05) is 6.61 Å². The molecule has 0 aliphatic carbocycles. The summed E-state index contributed by atoms with van der Waals surface area (Å²) < 4.78 is 20.0. The van der Waals surface area contributed by atoms with Crippen LogP contribution in [0.2, 0.25) is 5.04 Å². The molecule has 0 N–H and O–H groups in total. The third-order valence-electron chi connectivity index (χ3n) is 7.07. The smallest absolute Gasteiger partial charge is 0.261 e. The minimum atomic E-state index is -2.55. The van der Waals surface area contributed by atoms with Gasteiger partial charge in [-0.15, -0.1) is 0 Å². The van der Waals surface area contributed by atoms with E-state index in [0.717, 1.165) is 12.8 Å². The van der Waals surface area contributed by atoms with Crippen molar-refractivity contribution >= 4 is 18.7 Å². The van der Waals surface area contributed by atoms with Gasteiger partial charge in [0.05, 0.1) is 12.2 Å². The Morgan fingerprint density at radius 3 is 1.91 bits per heavy atom. The predicted molar refractivity (Wildman–Crippen MR) is 141 cm³/mol. The van der Waals surface area contributed by atoms with Crippen LogP contribution >= 0.6 is 0 Å². The van der Waals surface area contributed by atoms with E-state index in [4.69, 9.17) is 13.9 Å². The highest BCUT2D eigenvalue weighted by Gasteiger charge is 2.51. The normalized spacial score (nSPS) is 24.4. The van der Waals surface area contributed by atoms with Gasteiger partial charge in [-0.05, 0) is 35.7 Å². The second-order valence-electron chi connectivity index (χ2n) is 11.2. The maximum Gasteiger partial charge on any atom is 0.261 e. The van der Waals surface area contributed by atoms with Gasteiger partial charge in [-0.2, -0.15) is 0 Å². The van der Waals surface area contributed by atoms with E-state index in [0.29, 0.717) is 12.5 Å². The van der Waals surface area contributed by atoms with Crippen LogP contribution in [0.15, 0.2) is 60.7 Å². The third kappa shape index (κ3) is 5.62. The maximum absolute atomic E-state index is 7.21. The molecular formula is C29H44O3Si. The summed E-state index contributed by atoms with van der Waals surface area (Å²) >= 11 is 0. The molecule has 1 heterocycles. The van der Waals surface area contributed by atoms with Crippen molar-refractivity contribution in [2.24, 2.45) is 11.8 Å². The van der Waals surface area contributed by atoms with Gasteiger partial charge in [0.15, 0.2) is 5.79 Å². The molecule has 33 heavy (non-hydrogen) atoms. The SMILES string of the molecule is CCC[C@@H]1OC(C)(C)O[C@H]([C@H](C)CO[Si](c2ccccc2)(c2ccccc2)C(C)(C)C)[C@H]1C. The molecule has 0 unspecified atom stereocenters. The van der Waals surface area contributed by atoms with E-state index in [1.807, 2.05) is 13.8 Å². The van der Waals surface area contributed by atoms with Crippen LogP contribution in [0.5, 0.6) is 0 Å². The van der Waals surface area contributed by atoms with Crippen LogP contribution < -0.4 is 10.4 Å². The predicted octanol–water partition coefficient (Wildman–Crippen LogP) is 6.16. The van der Waals surface area contributed by atoms with E-state index in [-0.39, 0.29) is 23.2 Å². The summed E-state index contributed by atoms with van der Waals surface area (Å²) in [6.45, 7) is 18.5. The molecule has 0 saturated carbocycles. The number of benzene rings is 2. The van der Waals surface area contributed by atoms with Gasteiger partial charge in [0, 0.05) is 18.4 Å². The summed E-state index contributed by atoms with van der Waals surface area (Å²) in [6.07, 6.45) is 2.50. The number of ether oxygens (including phenoxy) is 2. The Morgan fingerprint density at radius 1 is 0.939 bits per heavy atom. The lowest BCUT2D eigenvalue weighted by Gasteiger charge is -2.48. The van der Waals surface area contributed by atoms with Crippen molar-refractivity contribution in [1.82, 2.24) is 0 Å². The molecular weight excluding hydrogens is 424 g/mol. The molecule has 2 aromatic carbocycles. The minimum absolute atomic E-state index is 0.0262. The Morgan fingerprint density at radius 2 is 1.45 bits per heavy atom. The van der Waals surface area contributed by atoms with Gasteiger partial charge in [-0.3, -0.25) is 0 Å². The monoisotopic (exact) mass is 468 g/mol. The quantitative estimate of drug-likeness (QED) is 0.435. The summed E-state index contributed by atoms with van der Waals surface area (Å²) in [5.41, 5.74) is 0. The van der Waals surface area contributed by atoms with Crippen molar-refractivity contribution in [2.45, 2.75) is 91.3 Å². The van der Waals surface area contributed by atoms with E-state index in [9.17, 15) is 0 Å². The Kier molecular flexibility index (Phi) is 8.27. The highest BCUT2D eigenvalue weighted by molar-refractivity contribution is 6.99. The van der Waals surface area contributed by atoms with Crippen molar-refractivity contribution in [3.8, 4) is 0 Å². The molecule has 3 nitrogen and oxygen atoms in total. The molecule has 1 saturated heterocycles. The van der Waals surface area contributed by atoms with Gasteiger partial charge in [0.2, 0.25) is 0 Å². The van der Waals surface area contributed by atoms with Crippen LogP contribution in [0.25, 0.3) is 0 Å². The largest absolute Gasteiger partial charge is 0.407 e. The summed E-state index contributed by atoms with van der Waals surface area (Å²) in [4.78, 5) is 0. The van der Waals surface area contributed by atoms with Crippen molar-refractivity contribution in [1.29, 1.82) is 0 Å². The highest BCUT2D eigenvalue weighted by Crippen LogP contribution is 2.39. The first-order valence-corrected chi connectivity index (χ1v) is 14.5. The average molecular weight is 469 g/mol. The zero-order valence-electron chi connectivity index (χ0n) is 21.9. The van der Waals surface area contributed by atoms with E-state index >= 15 is 0 Å². The second kappa shape index (κ2) is 10.4. The lowest BCUT2D eigenvalue weighted by atomic mass is 9.86. The molecule has 0 aromatic heterocycles. The topological polar surface area (TPSA) is 27.7 Å². The van der Waals surface area contributed by atoms with Crippen LogP contribution in [0.1, 0.15) is 68.2 Å². The van der Waals surface area contributed by atoms with Gasteiger partial charge in [-0.25, -0.2) is 0 Å². The summed E-state index contributed by atoms with van der Waals surface area (Å²) in [6, 6.07) is 21.7. The summed E-state index contributed by atoms with van der Waals surface area (Å²) in [5, 5.41) is 2.61. The Labute approximate surface area is 203 Å². The summed E-state index contributed by atoms with van der Waals surface area (Å²) in [5.74, 6) is 0.0165. The molecule has 1 aliphatic rings. The number of rotatable bonds is 8. The summed E-state index contributed by atoms with van der Waals surface area (Å²) in [7, 11) is -2.55. The van der Waals surface area contributed by atoms with Crippen molar-refractivity contribution in [3.05, 3.63) is 60.7 Å². The Bertz CT molecular complexity index is 820. The molecule has 0 amide bonds. The average Bonchev–Trinajstić information content (AvgIpc) is 2.77. The first-order valence-electron chi connectivity index (χ1n) is 12.6. The molecule has 0 radical (unpaired) electrons. The Hall–Kier alpha value is -1.46. The van der Waals surface area contributed by atoms with E-state index < -0.39 is 14.1 Å². The molecule has 3 rings (SSSR count). The molecule has 1 fully saturated rings. The lowest BCUT2D eigenvalue weighted by Crippen LogP contribution is -2.67. The zero-order chi connectivity index (χ0) is 24.3. The van der Waals surface area contributed by atoms with Gasteiger partial charge in [0.25, 0.3) is 8.32 Å². The third-order valence-corrected chi connectivity index (χ3v) is 12.1. The second-order valence-corrected chi connectivity index (χ2v) is 15.5. The fraction of sp³-hybridized carbons (Fsp3) is 0.586. The lowest BCUT2D eigenvalue weighted by molar-refractivity contribution is -0.328. The zero-order valence-corrected chi connectivity index (χ0v) is 22.9. The Balaban J connectivity index is 1.94. The van der Waals surface area contributed by atoms with Crippen LogP contribution in [0.3, 0.4) is 0 Å². The van der Waals surface area contributed by atoms with Crippen LogP contribution in [0.4, 0.5) is 0 Å². The maximum atomic E-state index is 7.21.